The average molecular weight is 500 g/mol. The van der Waals surface area contributed by atoms with Crippen LogP contribution in [0.3, 0.4) is 0 Å². The Bertz CT molecular complexity index is 759. The van der Waals surface area contributed by atoms with Crippen LogP contribution in [0, 0.1) is 41.5 Å². The molecule has 0 heterocycles. The van der Waals surface area contributed by atoms with Crippen molar-refractivity contribution in [3.8, 4) is 0 Å². The van der Waals surface area contributed by atoms with Crippen LogP contribution in [0.5, 0.6) is 0 Å². The maximum Gasteiger partial charge on any atom is 0.151 e. The van der Waals surface area contributed by atoms with E-state index < -0.39 is 0 Å². The number of aryl methyl sites for hydroxylation is 6. The van der Waals surface area contributed by atoms with Gasteiger partial charge < -0.3 is 64.7 Å². The molecule has 0 saturated heterocycles. The summed E-state index contributed by atoms with van der Waals surface area (Å²) in [6, 6.07) is 11.7. The molecule has 0 atom stereocenters. The minimum absolute atomic E-state index is 0. The molecule has 3 aromatic carbocycles. The molecule has 7 nitrogen and oxygen atoms in total. The number of rotatable bonds is 0. The predicted molar refractivity (Wildman–Crippen MR) is 134 cm³/mol. The third-order valence-corrected chi connectivity index (χ3v) is 5.21. The van der Waals surface area contributed by atoms with Crippen LogP contribution in [0.1, 0.15) is 33.4 Å². The van der Waals surface area contributed by atoms with E-state index >= 15 is 0 Å². The third kappa shape index (κ3) is 10.7. The number of quaternary nitrogens is 2. The normalized spacial score (nSPS) is 8.97. The van der Waals surface area contributed by atoms with Crippen molar-refractivity contribution in [1.82, 2.24) is 0 Å². The van der Waals surface area contributed by atoms with Crippen molar-refractivity contribution in [3.63, 3.8) is 0 Å². The number of nitrogen functional groups attached to an aromatic ring is 4. The highest BCUT2D eigenvalue weighted by Gasteiger charge is 2.01. The molecule has 0 aliphatic heterocycles. The third-order valence-electron chi connectivity index (χ3n) is 5.21. The molecule has 9 heteroatoms. The van der Waals surface area contributed by atoms with Gasteiger partial charge in [0.25, 0.3) is 0 Å². The first-order chi connectivity index (χ1) is 13.8. The molecule has 186 valence electrons. The predicted octanol–water partition coefficient (Wildman–Crippen LogP) is -3.83. The van der Waals surface area contributed by atoms with Crippen molar-refractivity contribution >= 4 is 34.1 Å². The van der Waals surface area contributed by atoms with E-state index in [-0.39, 0.29) is 30.3 Å². The lowest BCUT2D eigenvalue weighted by atomic mass is 10.1. The second kappa shape index (κ2) is 15.2. The zero-order valence-corrected chi connectivity index (χ0v) is 22.0. The Morgan fingerprint density at radius 1 is 0.424 bits per heavy atom. The summed E-state index contributed by atoms with van der Waals surface area (Å²) < 4.78 is 0. The lowest BCUT2D eigenvalue weighted by Crippen LogP contribution is -3.00. The molecule has 0 saturated carbocycles. The number of halogens is 2. The zero-order chi connectivity index (χ0) is 23.2. The van der Waals surface area contributed by atoms with Gasteiger partial charge in [0.2, 0.25) is 0 Å². The van der Waals surface area contributed by atoms with Crippen LogP contribution in [-0.4, -0.2) is 5.48 Å². The van der Waals surface area contributed by atoms with E-state index in [9.17, 15) is 0 Å². The van der Waals surface area contributed by atoms with Crippen LogP contribution in [0.25, 0.3) is 0 Å². The second-order valence-electron chi connectivity index (χ2n) is 7.84. The van der Waals surface area contributed by atoms with Crippen molar-refractivity contribution in [3.05, 3.63) is 69.8 Å². The Kier molecular flexibility index (Phi) is 16.1. The second-order valence-corrected chi connectivity index (χ2v) is 7.84. The summed E-state index contributed by atoms with van der Waals surface area (Å²) in [7, 11) is 0. The topological polar surface area (TPSA) is 191 Å². The molecular formula is C24H40Cl2N6O. The van der Waals surface area contributed by atoms with Crippen molar-refractivity contribution in [2.45, 2.75) is 41.5 Å². The van der Waals surface area contributed by atoms with Crippen molar-refractivity contribution < 1.29 is 41.8 Å². The average Bonchev–Trinajstić information content (AvgIpc) is 2.65. The molecule has 33 heavy (non-hydrogen) atoms. The summed E-state index contributed by atoms with van der Waals surface area (Å²) in [5, 5.41) is 0. The monoisotopic (exact) mass is 498 g/mol. The van der Waals surface area contributed by atoms with Gasteiger partial charge in [-0.3, -0.25) is 0 Å². The van der Waals surface area contributed by atoms with E-state index in [1.807, 2.05) is 64.1 Å². The summed E-state index contributed by atoms with van der Waals surface area (Å²) in [6.07, 6.45) is 0. The molecule has 3 aromatic rings. The van der Waals surface area contributed by atoms with Gasteiger partial charge in [0.15, 0.2) is 11.4 Å². The van der Waals surface area contributed by atoms with Gasteiger partial charge >= 0.3 is 0 Å². The summed E-state index contributed by atoms with van der Waals surface area (Å²) in [6.45, 7) is 12.2. The molecule has 0 unspecified atom stereocenters. The summed E-state index contributed by atoms with van der Waals surface area (Å²) >= 11 is 0. The number of hydrogen-bond donors (Lipinski definition) is 6. The Balaban J connectivity index is -0.000000391. The maximum absolute atomic E-state index is 5.63. The van der Waals surface area contributed by atoms with Gasteiger partial charge in [0.1, 0.15) is 0 Å². The molecule has 3 rings (SSSR count). The number of nitrogens with two attached hydrogens (primary N) is 4. The van der Waals surface area contributed by atoms with Gasteiger partial charge in [-0.2, -0.15) is 0 Å². The molecule has 0 radical (unpaired) electrons. The van der Waals surface area contributed by atoms with E-state index in [1.54, 1.807) is 0 Å². The van der Waals surface area contributed by atoms with Gasteiger partial charge in [-0.05, 0) is 99.2 Å². The molecule has 0 spiro atoms. The van der Waals surface area contributed by atoms with E-state index in [0.717, 1.165) is 22.7 Å². The first-order valence-electron chi connectivity index (χ1n) is 9.83. The summed E-state index contributed by atoms with van der Waals surface area (Å²) in [4.78, 5) is 0. The van der Waals surface area contributed by atoms with E-state index in [2.05, 4.69) is 25.3 Å². The van der Waals surface area contributed by atoms with Crippen LogP contribution in [0.15, 0.2) is 36.4 Å². The molecular weight excluding hydrogens is 459 g/mol. The smallest absolute Gasteiger partial charge is 0.151 e. The molecule has 0 aliphatic carbocycles. The first kappa shape index (κ1) is 34.9. The van der Waals surface area contributed by atoms with Crippen LogP contribution >= 0.6 is 0 Å². The maximum atomic E-state index is 5.63. The summed E-state index contributed by atoms with van der Waals surface area (Å²) in [5.41, 5.74) is 42.0. The molecule has 16 N–H and O–H groups in total. The fourth-order valence-electron chi connectivity index (χ4n) is 2.66. The number of benzene rings is 3. The van der Waals surface area contributed by atoms with Crippen molar-refractivity contribution in [1.29, 1.82) is 0 Å². The van der Waals surface area contributed by atoms with E-state index in [4.69, 9.17) is 22.9 Å². The molecule has 0 bridgehead atoms. The Morgan fingerprint density at radius 2 is 0.606 bits per heavy atom. The number of anilines is 4. The van der Waals surface area contributed by atoms with E-state index in [1.165, 1.54) is 33.4 Å². The highest BCUT2D eigenvalue weighted by Crippen LogP contribution is 2.19. The molecule has 0 amide bonds. The fourth-order valence-corrected chi connectivity index (χ4v) is 2.66. The highest BCUT2D eigenvalue weighted by molar-refractivity contribution is 5.65. The Morgan fingerprint density at radius 3 is 0.818 bits per heavy atom. The largest absolute Gasteiger partial charge is 1.00 e. The van der Waals surface area contributed by atoms with E-state index in [0.29, 0.717) is 11.4 Å². The zero-order valence-electron chi connectivity index (χ0n) is 20.4. The van der Waals surface area contributed by atoms with Crippen LogP contribution in [-0.2, 0) is 0 Å². The van der Waals surface area contributed by atoms with Gasteiger partial charge in [0, 0.05) is 12.1 Å². The van der Waals surface area contributed by atoms with Gasteiger partial charge in [-0.1, -0.05) is 0 Å². The van der Waals surface area contributed by atoms with Gasteiger partial charge in [0.05, 0.1) is 22.7 Å². The molecule has 0 fully saturated rings. The fraction of sp³-hybridized carbons (Fsp3) is 0.250. The standard InChI is InChI=1S/3C8H12N2.2ClH.H2O/c3*1-5-3-7(9)8(10)4-6(5)2;;;/h3*3-4H,9-10H2,1-2H3;2*1H;1H2. The lowest BCUT2D eigenvalue weighted by molar-refractivity contribution is -0.254. The minimum atomic E-state index is 0. The van der Waals surface area contributed by atoms with Crippen LogP contribution in [0.2, 0.25) is 0 Å². The molecule has 0 aromatic heterocycles. The minimum Gasteiger partial charge on any atom is -1.00 e. The van der Waals surface area contributed by atoms with Crippen molar-refractivity contribution in [2.24, 2.45) is 0 Å². The Hall–Kier alpha value is -2.68. The lowest BCUT2D eigenvalue weighted by Gasteiger charge is -2.03. The highest BCUT2D eigenvalue weighted by atomic mass is 35.5. The van der Waals surface area contributed by atoms with Crippen molar-refractivity contribution in [2.75, 3.05) is 22.9 Å². The van der Waals surface area contributed by atoms with Gasteiger partial charge in [-0.15, -0.1) is 0 Å². The van der Waals surface area contributed by atoms with Crippen LogP contribution < -0.4 is 59.2 Å². The molecule has 0 aliphatic rings. The Labute approximate surface area is 210 Å². The quantitative estimate of drug-likeness (QED) is 0.173. The first-order valence-corrected chi connectivity index (χ1v) is 9.83. The number of hydrogen-bond acceptors (Lipinski definition) is 4. The van der Waals surface area contributed by atoms with Gasteiger partial charge in [-0.25, -0.2) is 0 Å². The summed E-state index contributed by atoms with van der Waals surface area (Å²) in [5.74, 6) is 0. The SMILES string of the molecule is Cc1cc(N)c(N)cc1C.Cc1cc(N)c([NH3+])cc1C.Cc1cc(N)c([NH3+])cc1C.O.[Cl-].[Cl-]. The van der Waals surface area contributed by atoms with Crippen LogP contribution in [0.4, 0.5) is 34.1 Å².